The molecule has 3 aromatic rings. The van der Waals surface area contributed by atoms with Crippen LogP contribution in [0.2, 0.25) is 0 Å². The summed E-state index contributed by atoms with van der Waals surface area (Å²) >= 11 is 5.05. The van der Waals surface area contributed by atoms with Gasteiger partial charge in [-0.1, -0.05) is 12.1 Å². The fourth-order valence-electron chi connectivity index (χ4n) is 2.09. The van der Waals surface area contributed by atoms with Crippen molar-refractivity contribution in [2.75, 3.05) is 0 Å². The van der Waals surface area contributed by atoms with E-state index in [4.69, 9.17) is 12.2 Å². The van der Waals surface area contributed by atoms with Gasteiger partial charge in [0.2, 0.25) is 5.65 Å². The first-order valence-corrected chi connectivity index (χ1v) is 6.25. The van der Waals surface area contributed by atoms with Gasteiger partial charge in [-0.3, -0.25) is 18.9 Å². The Morgan fingerprint density at radius 2 is 2.05 bits per heavy atom. The topological polar surface area (TPSA) is 55.1 Å². The second-order valence-electron chi connectivity index (χ2n) is 4.41. The Morgan fingerprint density at radius 3 is 2.84 bits per heavy atom. The lowest BCUT2D eigenvalue weighted by Crippen LogP contribution is -2.21. The molecule has 0 unspecified atom stereocenters. The number of aryl methyl sites for hydroxylation is 1. The molecule has 5 nitrogen and oxygen atoms in total. The molecule has 96 valence electrons. The van der Waals surface area contributed by atoms with E-state index in [1.807, 2.05) is 32.0 Å². The van der Waals surface area contributed by atoms with E-state index in [2.05, 4.69) is 10.2 Å². The molecule has 6 heteroatoms. The molecule has 0 spiro atoms. The zero-order valence-corrected chi connectivity index (χ0v) is 11.4. The van der Waals surface area contributed by atoms with Crippen LogP contribution in [0.25, 0.3) is 11.3 Å². The highest BCUT2D eigenvalue weighted by atomic mass is 32.1. The van der Waals surface area contributed by atoms with Gasteiger partial charge >= 0.3 is 5.56 Å². The van der Waals surface area contributed by atoms with Crippen molar-refractivity contribution in [1.82, 2.24) is 19.2 Å². The van der Waals surface area contributed by atoms with E-state index in [0.717, 1.165) is 16.8 Å². The SMILES string of the molecule is Cc1cccc(-n2ccn3c(=S)[nH]nc3c2=O)c1C. The number of hydrogen-bond acceptors (Lipinski definition) is 3. The second kappa shape index (κ2) is 4.17. The molecule has 0 radical (unpaired) electrons. The lowest BCUT2D eigenvalue weighted by atomic mass is 10.1. The van der Waals surface area contributed by atoms with Crippen LogP contribution in [0.5, 0.6) is 0 Å². The number of benzene rings is 1. The molecule has 0 aliphatic rings. The third kappa shape index (κ3) is 1.72. The zero-order valence-electron chi connectivity index (χ0n) is 10.5. The summed E-state index contributed by atoms with van der Waals surface area (Å²) in [4.78, 5) is 12.4. The maximum atomic E-state index is 12.4. The maximum Gasteiger partial charge on any atom is 0.300 e. The molecule has 2 heterocycles. The molecule has 0 aliphatic heterocycles. The summed E-state index contributed by atoms with van der Waals surface area (Å²) in [5, 5.41) is 6.59. The maximum absolute atomic E-state index is 12.4. The molecule has 1 aromatic carbocycles. The average molecular weight is 272 g/mol. The first kappa shape index (κ1) is 11.9. The Morgan fingerprint density at radius 1 is 1.26 bits per heavy atom. The minimum absolute atomic E-state index is 0.191. The first-order valence-electron chi connectivity index (χ1n) is 5.84. The number of aromatic nitrogens is 4. The molecule has 0 aliphatic carbocycles. The molecule has 0 bridgehead atoms. The van der Waals surface area contributed by atoms with Gasteiger partial charge in [-0.05, 0) is 43.3 Å². The van der Waals surface area contributed by atoms with Gasteiger partial charge in [0.15, 0.2) is 4.77 Å². The predicted octanol–water partition coefficient (Wildman–Crippen LogP) is 2.16. The molecule has 0 amide bonds. The highest BCUT2D eigenvalue weighted by molar-refractivity contribution is 7.71. The number of nitrogens with one attached hydrogen (secondary N) is 1. The van der Waals surface area contributed by atoms with Crippen molar-refractivity contribution in [1.29, 1.82) is 0 Å². The van der Waals surface area contributed by atoms with Gasteiger partial charge in [0.25, 0.3) is 0 Å². The molecular formula is C13H12N4OS. The number of H-pyrrole nitrogens is 1. The fourth-order valence-corrected chi connectivity index (χ4v) is 2.28. The van der Waals surface area contributed by atoms with Gasteiger partial charge in [0.1, 0.15) is 0 Å². The summed E-state index contributed by atoms with van der Waals surface area (Å²) in [6, 6.07) is 5.87. The van der Waals surface area contributed by atoms with Crippen LogP contribution in [-0.4, -0.2) is 19.2 Å². The molecule has 0 saturated carbocycles. The summed E-state index contributed by atoms with van der Waals surface area (Å²) in [5.74, 6) is 0. The van der Waals surface area contributed by atoms with Crippen molar-refractivity contribution < 1.29 is 0 Å². The van der Waals surface area contributed by atoms with Crippen LogP contribution in [-0.2, 0) is 0 Å². The number of hydrogen-bond donors (Lipinski definition) is 1. The van der Waals surface area contributed by atoms with E-state index in [1.165, 1.54) is 0 Å². The molecule has 0 saturated heterocycles. The minimum Gasteiger partial charge on any atom is -0.279 e. The average Bonchev–Trinajstić information content (AvgIpc) is 2.77. The van der Waals surface area contributed by atoms with Crippen LogP contribution in [0.4, 0.5) is 0 Å². The minimum atomic E-state index is -0.191. The van der Waals surface area contributed by atoms with E-state index in [0.29, 0.717) is 10.4 Å². The van der Waals surface area contributed by atoms with Crippen molar-refractivity contribution in [2.24, 2.45) is 0 Å². The Balaban J connectivity index is 2.38. The van der Waals surface area contributed by atoms with Crippen LogP contribution in [0.3, 0.4) is 0 Å². The lowest BCUT2D eigenvalue weighted by Gasteiger charge is -2.10. The largest absolute Gasteiger partial charge is 0.300 e. The molecule has 0 atom stereocenters. The third-order valence-electron chi connectivity index (χ3n) is 3.31. The van der Waals surface area contributed by atoms with Crippen molar-refractivity contribution in [2.45, 2.75) is 13.8 Å². The van der Waals surface area contributed by atoms with E-state index in [1.54, 1.807) is 21.4 Å². The van der Waals surface area contributed by atoms with Crippen LogP contribution < -0.4 is 5.56 Å². The van der Waals surface area contributed by atoms with E-state index < -0.39 is 0 Å². The number of fused-ring (bicyclic) bond motifs is 1. The van der Waals surface area contributed by atoms with Gasteiger partial charge in [-0.2, -0.15) is 0 Å². The Kier molecular flexibility index (Phi) is 2.60. The highest BCUT2D eigenvalue weighted by Gasteiger charge is 2.09. The predicted molar refractivity (Wildman–Crippen MR) is 75.4 cm³/mol. The normalized spacial score (nSPS) is 11.1. The molecule has 1 N–H and O–H groups in total. The van der Waals surface area contributed by atoms with Crippen molar-refractivity contribution in [3.05, 3.63) is 56.8 Å². The van der Waals surface area contributed by atoms with Crippen LogP contribution in [0.15, 0.2) is 35.4 Å². The molecule has 3 rings (SSSR count). The van der Waals surface area contributed by atoms with Crippen molar-refractivity contribution in [3.63, 3.8) is 0 Å². The van der Waals surface area contributed by atoms with Gasteiger partial charge in [0, 0.05) is 12.4 Å². The van der Waals surface area contributed by atoms with Crippen LogP contribution in [0, 0.1) is 18.6 Å². The van der Waals surface area contributed by atoms with E-state index in [-0.39, 0.29) is 5.56 Å². The molecule has 2 aromatic heterocycles. The zero-order chi connectivity index (χ0) is 13.6. The van der Waals surface area contributed by atoms with Crippen LogP contribution >= 0.6 is 12.2 Å². The summed E-state index contributed by atoms with van der Waals surface area (Å²) in [6.45, 7) is 4.02. The fraction of sp³-hybridized carbons (Fsp3) is 0.154. The first-order chi connectivity index (χ1) is 9.09. The van der Waals surface area contributed by atoms with Crippen molar-refractivity contribution in [3.8, 4) is 5.69 Å². The summed E-state index contributed by atoms with van der Waals surface area (Å²) in [6.07, 6.45) is 3.45. The van der Waals surface area contributed by atoms with E-state index >= 15 is 0 Å². The standard InChI is InChI=1S/C13H12N4OS/c1-8-4-3-5-10(9(8)2)16-6-7-17-11(12(16)18)14-15-13(17)19/h3-7H,1-2H3,(H,15,19). The smallest absolute Gasteiger partial charge is 0.279 e. The summed E-state index contributed by atoms with van der Waals surface area (Å²) < 4.78 is 3.58. The van der Waals surface area contributed by atoms with Gasteiger partial charge < -0.3 is 0 Å². The number of aromatic amines is 1. The molecular weight excluding hydrogens is 260 g/mol. The van der Waals surface area contributed by atoms with Gasteiger partial charge in [-0.25, -0.2) is 0 Å². The Hall–Kier alpha value is -2.21. The van der Waals surface area contributed by atoms with E-state index in [9.17, 15) is 4.79 Å². The molecule has 0 fully saturated rings. The number of nitrogens with zero attached hydrogens (tertiary/aromatic N) is 3. The third-order valence-corrected chi connectivity index (χ3v) is 3.60. The summed E-state index contributed by atoms with van der Waals surface area (Å²) in [5.41, 5.74) is 3.18. The second-order valence-corrected chi connectivity index (χ2v) is 4.80. The van der Waals surface area contributed by atoms with Gasteiger partial charge in [0.05, 0.1) is 5.69 Å². The molecule has 19 heavy (non-hydrogen) atoms. The summed E-state index contributed by atoms with van der Waals surface area (Å²) in [7, 11) is 0. The van der Waals surface area contributed by atoms with Gasteiger partial charge in [-0.15, -0.1) is 5.10 Å². The highest BCUT2D eigenvalue weighted by Crippen LogP contribution is 2.15. The number of rotatable bonds is 1. The quantitative estimate of drug-likeness (QED) is 0.691. The Labute approximate surface area is 114 Å². The lowest BCUT2D eigenvalue weighted by molar-refractivity contribution is 0.936. The monoisotopic (exact) mass is 272 g/mol. The Bertz CT molecular complexity index is 888. The van der Waals surface area contributed by atoms with Crippen molar-refractivity contribution >= 4 is 17.9 Å². The van der Waals surface area contributed by atoms with Crippen LogP contribution in [0.1, 0.15) is 11.1 Å².